The molecule has 2 aromatic heterocycles. The van der Waals surface area contributed by atoms with E-state index in [9.17, 15) is 10.1 Å². The van der Waals surface area contributed by atoms with E-state index in [1.54, 1.807) is 18.3 Å². The lowest BCUT2D eigenvalue weighted by Crippen LogP contribution is -2.30. The minimum absolute atomic E-state index is 0.0547. The van der Waals surface area contributed by atoms with Gasteiger partial charge in [0.15, 0.2) is 5.11 Å². The summed E-state index contributed by atoms with van der Waals surface area (Å²) in [5.74, 6) is 0.866. The van der Waals surface area contributed by atoms with E-state index in [4.69, 9.17) is 17.0 Å². The zero-order valence-corrected chi connectivity index (χ0v) is 21.5. The summed E-state index contributed by atoms with van der Waals surface area (Å²) in [5, 5.41) is 15.3. The molecule has 6 rings (SSSR count). The number of anilines is 1. The van der Waals surface area contributed by atoms with Gasteiger partial charge in [-0.15, -0.1) is 0 Å². The SMILES string of the molecule is O=[N+]([O-])c1ccc(-n2cccc2[C@H]2[C@@H](c3ccccn3)NC(=S)N2c2ccc(OC3CCCC3)cc2)cc1. The third-order valence-electron chi connectivity index (χ3n) is 7.24. The first-order valence-electron chi connectivity index (χ1n) is 12.8. The highest BCUT2D eigenvalue weighted by atomic mass is 32.1. The third kappa shape index (κ3) is 4.61. The van der Waals surface area contributed by atoms with Gasteiger partial charge >= 0.3 is 0 Å². The van der Waals surface area contributed by atoms with Crippen LogP contribution in [-0.4, -0.2) is 25.7 Å². The van der Waals surface area contributed by atoms with Crippen molar-refractivity contribution in [3.8, 4) is 11.4 Å². The summed E-state index contributed by atoms with van der Waals surface area (Å²) in [6.07, 6.45) is 8.70. The monoisotopic (exact) mass is 525 g/mol. The fourth-order valence-corrected chi connectivity index (χ4v) is 5.77. The summed E-state index contributed by atoms with van der Waals surface area (Å²) in [7, 11) is 0. The lowest BCUT2D eigenvalue weighted by molar-refractivity contribution is -0.384. The highest BCUT2D eigenvalue weighted by Crippen LogP contribution is 2.42. The summed E-state index contributed by atoms with van der Waals surface area (Å²) >= 11 is 5.88. The van der Waals surface area contributed by atoms with Crippen LogP contribution in [0.2, 0.25) is 0 Å². The lowest BCUT2D eigenvalue weighted by Gasteiger charge is -2.29. The van der Waals surface area contributed by atoms with E-state index < -0.39 is 4.92 Å². The van der Waals surface area contributed by atoms with Gasteiger partial charge in [-0.3, -0.25) is 15.1 Å². The number of thiocarbonyl (C=S) groups is 1. The first-order valence-corrected chi connectivity index (χ1v) is 13.2. The number of non-ortho nitro benzene ring substituents is 1. The molecule has 1 saturated carbocycles. The summed E-state index contributed by atoms with van der Waals surface area (Å²) in [5.41, 5.74) is 3.68. The molecule has 0 spiro atoms. The van der Waals surface area contributed by atoms with E-state index in [0.29, 0.717) is 11.2 Å². The van der Waals surface area contributed by atoms with Gasteiger partial charge in [-0.1, -0.05) is 6.07 Å². The average Bonchev–Trinajstić information content (AvgIpc) is 3.70. The minimum atomic E-state index is -0.390. The average molecular weight is 526 g/mol. The first kappa shape index (κ1) is 24.1. The Morgan fingerprint density at radius 2 is 1.68 bits per heavy atom. The molecule has 3 heterocycles. The second-order valence-corrected chi connectivity index (χ2v) is 9.98. The Balaban J connectivity index is 1.38. The molecule has 1 saturated heterocycles. The maximum atomic E-state index is 11.2. The van der Waals surface area contributed by atoms with Crippen molar-refractivity contribution in [3.63, 3.8) is 0 Å². The molecule has 2 fully saturated rings. The van der Waals surface area contributed by atoms with Gasteiger partial charge in [0, 0.05) is 41.6 Å². The van der Waals surface area contributed by atoms with Gasteiger partial charge in [0.05, 0.1) is 22.8 Å². The number of rotatable bonds is 7. The number of ether oxygens (including phenoxy) is 1. The van der Waals surface area contributed by atoms with Crippen molar-refractivity contribution in [3.05, 3.63) is 113 Å². The molecule has 1 aliphatic heterocycles. The fourth-order valence-electron chi connectivity index (χ4n) is 5.42. The van der Waals surface area contributed by atoms with Crippen LogP contribution < -0.4 is 15.0 Å². The van der Waals surface area contributed by atoms with Gasteiger partial charge in [-0.2, -0.15) is 0 Å². The molecule has 1 aliphatic carbocycles. The quantitative estimate of drug-likeness (QED) is 0.173. The smallest absolute Gasteiger partial charge is 0.269 e. The number of benzene rings is 2. The summed E-state index contributed by atoms with van der Waals surface area (Å²) < 4.78 is 8.23. The number of nitro benzene ring substituents is 1. The second-order valence-electron chi connectivity index (χ2n) is 9.59. The molecule has 9 heteroatoms. The molecular formula is C29H27N5O3S. The van der Waals surface area contributed by atoms with E-state index >= 15 is 0 Å². The van der Waals surface area contributed by atoms with Crippen molar-refractivity contribution in [1.82, 2.24) is 14.9 Å². The molecule has 1 N–H and O–H groups in total. The van der Waals surface area contributed by atoms with Crippen molar-refractivity contribution in [1.29, 1.82) is 0 Å². The van der Waals surface area contributed by atoms with E-state index in [1.807, 2.05) is 59.3 Å². The number of nitrogens with zero attached hydrogens (tertiary/aromatic N) is 4. The van der Waals surface area contributed by atoms with Gasteiger partial charge in [0.25, 0.3) is 5.69 Å². The summed E-state index contributed by atoms with van der Waals surface area (Å²) in [4.78, 5) is 17.5. The van der Waals surface area contributed by atoms with Crippen LogP contribution in [-0.2, 0) is 0 Å². The number of hydrogen-bond donors (Lipinski definition) is 1. The van der Waals surface area contributed by atoms with Gasteiger partial charge in [0.2, 0.25) is 0 Å². The van der Waals surface area contributed by atoms with Crippen LogP contribution >= 0.6 is 12.2 Å². The minimum Gasteiger partial charge on any atom is -0.490 e. The molecule has 2 atom stereocenters. The molecule has 4 aromatic rings. The number of nitro groups is 1. The van der Waals surface area contributed by atoms with E-state index in [2.05, 4.69) is 21.3 Å². The first-order chi connectivity index (χ1) is 18.6. The van der Waals surface area contributed by atoms with Crippen LogP contribution in [0.25, 0.3) is 5.69 Å². The summed E-state index contributed by atoms with van der Waals surface area (Å²) in [6.45, 7) is 0. The molecule has 8 nitrogen and oxygen atoms in total. The molecule has 192 valence electrons. The Kier molecular flexibility index (Phi) is 6.51. The van der Waals surface area contributed by atoms with E-state index in [1.165, 1.54) is 25.0 Å². The molecule has 2 aromatic carbocycles. The molecule has 2 aliphatic rings. The predicted octanol–water partition coefficient (Wildman–Crippen LogP) is 6.28. The van der Waals surface area contributed by atoms with Crippen LogP contribution in [0.3, 0.4) is 0 Å². The number of pyridine rings is 1. The molecule has 0 bridgehead atoms. The zero-order valence-electron chi connectivity index (χ0n) is 20.6. The summed E-state index contributed by atoms with van der Waals surface area (Å²) in [6, 6.07) is 24.2. The van der Waals surface area contributed by atoms with Crippen LogP contribution in [0.4, 0.5) is 11.4 Å². The Bertz CT molecular complexity index is 1430. The largest absolute Gasteiger partial charge is 0.490 e. The topological polar surface area (TPSA) is 85.5 Å². The van der Waals surface area contributed by atoms with Crippen LogP contribution in [0.5, 0.6) is 5.75 Å². The van der Waals surface area contributed by atoms with Crippen LogP contribution in [0.15, 0.2) is 91.3 Å². The number of hydrogen-bond acceptors (Lipinski definition) is 5. The molecule has 0 radical (unpaired) electrons. The van der Waals surface area contributed by atoms with Crippen molar-refractivity contribution < 1.29 is 9.66 Å². The highest BCUT2D eigenvalue weighted by Gasteiger charge is 2.42. The standard InChI is InChI=1S/C29H27N5O3S/c35-34(36)22-12-10-20(11-13-22)32-19-5-9-26(32)28-27(25-8-3-4-18-30-25)31-29(38)33(28)21-14-16-24(17-15-21)37-23-6-1-2-7-23/h3-5,8-19,23,27-28H,1-2,6-7H2,(H,31,38)/t27-,28+/m1/s1. The normalized spacial score (nSPS) is 19.5. The molecule has 0 amide bonds. The van der Waals surface area contributed by atoms with Crippen molar-refractivity contribution in [2.45, 2.75) is 43.9 Å². The molecular weight excluding hydrogens is 498 g/mol. The van der Waals surface area contributed by atoms with Gasteiger partial charge < -0.3 is 19.5 Å². The second kappa shape index (κ2) is 10.3. The van der Waals surface area contributed by atoms with Crippen molar-refractivity contribution in [2.75, 3.05) is 4.90 Å². The Hall–Kier alpha value is -4.24. The van der Waals surface area contributed by atoms with Gasteiger partial charge in [-0.25, -0.2) is 0 Å². The molecule has 0 unspecified atom stereocenters. The Morgan fingerprint density at radius 3 is 2.37 bits per heavy atom. The van der Waals surface area contributed by atoms with E-state index in [-0.39, 0.29) is 17.8 Å². The number of aromatic nitrogens is 2. The fraction of sp³-hybridized carbons (Fsp3) is 0.241. The zero-order chi connectivity index (χ0) is 26.1. The van der Waals surface area contributed by atoms with Crippen LogP contribution in [0, 0.1) is 10.1 Å². The highest BCUT2D eigenvalue weighted by molar-refractivity contribution is 7.80. The Labute approximate surface area is 226 Å². The van der Waals surface area contributed by atoms with Crippen molar-refractivity contribution in [2.24, 2.45) is 0 Å². The predicted molar refractivity (Wildman–Crippen MR) is 150 cm³/mol. The maximum Gasteiger partial charge on any atom is 0.269 e. The lowest BCUT2D eigenvalue weighted by atomic mass is 10.0. The maximum absolute atomic E-state index is 11.2. The van der Waals surface area contributed by atoms with Gasteiger partial charge in [-0.05, 0) is 98.6 Å². The number of nitrogens with one attached hydrogen (secondary N) is 1. The molecule has 38 heavy (non-hydrogen) atoms. The third-order valence-corrected chi connectivity index (χ3v) is 7.55. The van der Waals surface area contributed by atoms with Crippen LogP contribution in [0.1, 0.15) is 49.2 Å². The van der Waals surface area contributed by atoms with Gasteiger partial charge in [0.1, 0.15) is 11.8 Å². The van der Waals surface area contributed by atoms with E-state index in [0.717, 1.165) is 41.4 Å². The van der Waals surface area contributed by atoms with Crippen molar-refractivity contribution >= 4 is 28.7 Å². The Morgan fingerprint density at radius 1 is 0.947 bits per heavy atom.